The van der Waals surface area contributed by atoms with E-state index in [1.165, 1.54) is 0 Å². The van der Waals surface area contributed by atoms with Crippen molar-refractivity contribution in [2.45, 2.75) is 0 Å². The van der Waals surface area contributed by atoms with Gasteiger partial charge in [-0.1, -0.05) is 36.4 Å². The molecule has 0 spiro atoms. The molecule has 48 valence electrons. The molecule has 1 nitrogen and oxygen atoms in total. The third-order valence-electron chi connectivity index (χ3n) is 0.667. The minimum absolute atomic E-state index is 0.444. The number of rotatable bonds is 0. The molecular weight excluding hydrogens is 132 g/mol. The predicted octanol–water partition coefficient (Wildman–Crippen LogP) is 1.79. The molecule has 0 N–H and O–H groups in total. The van der Waals surface area contributed by atoms with E-state index in [9.17, 15) is 0 Å². The SMILES string of the molecule is O=CS.c1ccccc1. The van der Waals surface area contributed by atoms with Crippen LogP contribution in [0.4, 0.5) is 0 Å². The van der Waals surface area contributed by atoms with Gasteiger partial charge in [-0.2, -0.15) is 0 Å². The predicted molar refractivity (Wildman–Crippen MR) is 42.2 cm³/mol. The molecule has 0 aliphatic rings. The first-order chi connectivity index (χ1) is 4.41. The van der Waals surface area contributed by atoms with E-state index in [1.807, 2.05) is 36.4 Å². The minimum atomic E-state index is 0.444. The molecule has 9 heavy (non-hydrogen) atoms. The zero-order valence-electron chi connectivity index (χ0n) is 4.90. The summed E-state index contributed by atoms with van der Waals surface area (Å²) in [5.74, 6) is 0. The Labute approximate surface area is 60.1 Å². The highest BCUT2D eigenvalue weighted by molar-refractivity contribution is 7.94. The smallest absolute Gasteiger partial charge is 0.173 e. The van der Waals surface area contributed by atoms with Gasteiger partial charge in [0.2, 0.25) is 0 Å². The van der Waals surface area contributed by atoms with Crippen LogP contribution >= 0.6 is 12.6 Å². The second kappa shape index (κ2) is 7.24. The Morgan fingerprint density at radius 2 is 1.00 bits per heavy atom. The average Bonchev–Trinajstić information content (AvgIpc) is 1.93. The molecule has 1 aromatic rings. The van der Waals surface area contributed by atoms with Crippen molar-refractivity contribution >= 4 is 18.2 Å². The summed E-state index contributed by atoms with van der Waals surface area (Å²) in [4.78, 5) is 8.67. The van der Waals surface area contributed by atoms with Gasteiger partial charge in [0.25, 0.3) is 0 Å². The van der Waals surface area contributed by atoms with Crippen LogP contribution in [-0.4, -0.2) is 5.62 Å². The summed E-state index contributed by atoms with van der Waals surface area (Å²) in [6.07, 6.45) is 0. The van der Waals surface area contributed by atoms with Crippen molar-refractivity contribution in [1.82, 2.24) is 0 Å². The Hall–Kier alpha value is -0.760. The monoisotopic (exact) mass is 140 g/mol. The van der Waals surface area contributed by atoms with Gasteiger partial charge in [0.05, 0.1) is 0 Å². The zero-order chi connectivity index (χ0) is 6.95. The van der Waals surface area contributed by atoms with Gasteiger partial charge in [0, 0.05) is 0 Å². The standard InChI is InChI=1S/C6H6.CH2OS/c1-2-4-6-5-3-1;2-1-3/h1-6H;1H,(H,2,3). The van der Waals surface area contributed by atoms with Crippen LogP contribution < -0.4 is 0 Å². The van der Waals surface area contributed by atoms with Gasteiger partial charge in [-0.15, -0.1) is 12.6 Å². The third kappa shape index (κ3) is 7.24. The Morgan fingerprint density at radius 3 is 1.11 bits per heavy atom. The highest BCUT2D eigenvalue weighted by Crippen LogP contribution is 1.79. The fourth-order valence-electron chi connectivity index (χ4n) is 0.385. The Bertz CT molecular complexity index is 112. The van der Waals surface area contributed by atoms with Crippen LogP contribution in [0, 0.1) is 0 Å². The Balaban J connectivity index is 0.000000187. The fraction of sp³-hybridized carbons (Fsp3) is 0. The fourth-order valence-corrected chi connectivity index (χ4v) is 0.385. The van der Waals surface area contributed by atoms with Gasteiger partial charge in [-0.25, -0.2) is 0 Å². The van der Waals surface area contributed by atoms with E-state index in [4.69, 9.17) is 4.79 Å². The van der Waals surface area contributed by atoms with Crippen LogP contribution in [-0.2, 0) is 4.79 Å². The molecule has 0 radical (unpaired) electrons. The van der Waals surface area contributed by atoms with Gasteiger partial charge in [-0.05, 0) is 0 Å². The highest BCUT2D eigenvalue weighted by Gasteiger charge is 1.57. The Kier molecular flexibility index (Phi) is 6.63. The van der Waals surface area contributed by atoms with Crippen LogP contribution in [0.3, 0.4) is 0 Å². The van der Waals surface area contributed by atoms with Crippen LogP contribution in [0.5, 0.6) is 0 Å². The second-order valence-electron chi connectivity index (χ2n) is 1.26. The summed E-state index contributed by atoms with van der Waals surface area (Å²) in [7, 11) is 0. The number of carbonyl (C=O) groups excluding carboxylic acids is 1. The summed E-state index contributed by atoms with van der Waals surface area (Å²) in [6, 6.07) is 12.0. The molecular formula is C7H8OS. The van der Waals surface area contributed by atoms with E-state index in [0.717, 1.165) is 0 Å². The van der Waals surface area contributed by atoms with Gasteiger partial charge in [0.15, 0.2) is 5.62 Å². The van der Waals surface area contributed by atoms with E-state index in [2.05, 4.69) is 12.6 Å². The lowest BCUT2D eigenvalue weighted by Crippen LogP contribution is -1.47. The van der Waals surface area contributed by atoms with Crippen molar-refractivity contribution in [2.75, 3.05) is 0 Å². The van der Waals surface area contributed by atoms with Crippen molar-refractivity contribution in [3.8, 4) is 0 Å². The van der Waals surface area contributed by atoms with Gasteiger partial charge in [-0.3, -0.25) is 4.79 Å². The van der Waals surface area contributed by atoms with E-state index >= 15 is 0 Å². The summed E-state index contributed by atoms with van der Waals surface area (Å²) in [5.41, 5.74) is 0.444. The van der Waals surface area contributed by atoms with Gasteiger partial charge >= 0.3 is 0 Å². The van der Waals surface area contributed by atoms with Crippen molar-refractivity contribution < 1.29 is 4.79 Å². The van der Waals surface area contributed by atoms with E-state index in [-0.39, 0.29) is 0 Å². The van der Waals surface area contributed by atoms with Crippen molar-refractivity contribution in [3.05, 3.63) is 36.4 Å². The number of thiol groups is 1. The third-order valence-corrected chi connectivity index (χ3v) is 0.667. The van der Waals surface area contributed by atoms with Crippen LogP contribution in [0.2, 0.25) is 0 Å². The maximum Gasteiger partial charge on any atom is 0.173 e. The van der Waals surface area contributed by atoms with E-state index < -0.39 is 0 Å². The first-order valence-electron chi connectivity index (χ1n) is 2.49. The number of carbonyl (C=O) groups is 1. The molecule has 0 aromatic heterocycles. The molecule has 0 atom stereocenters. The quantitative estimate of drug-likeness (QED) is 0.429. The second-order valence-corrected chi connectivity index (χ2v) is 1.47. The minimum Gasteiger partial charge on any atom is -0.291 e. The largest absolute Gasteiger partial charge is 0.291 e. The maximum atomic E-state index is 8.67. The number of benzene rings is 1. The molecule has 0 saturated carbocycles. The number of hydrogen-bond acceptors (Lipinski definition) is 1. The molecule has 0 aliphatic carbocycles. The van der Waals surface area contributed by atoms with E-state index in [0.29, 0.717) is 5.62 Å². The maximum absolute atomic E-state index is 8.67. The van der Waals surface area contributed by atoms with Crippen molar-refractivity contribution in [1.29, 1.82) is 0 Å². The molecule has 0 saturated heterocycles. The average molecular weight is 140 g/mol. The highest BCUT2D eigenvalue weighted by atomic mass is 32.1. The molecule has 0 unspecified atom stereocenters. The summed E-state index contributed by atoms with van der Waals surface area (Å²) < 4.78 is 0. The lowest BCUT2D eigenvalue weighted by molar-refractivity contribution is 0.570. The van der Waals surface area contributed by atoms with Crippen LogP contribution in [0.25, 0.3) is 0 Å². The molecule has 0 aliphatic heterocycles. The van der Waals surface area contributed by atoms with Gasteiger partial charge < -0.3 is 0 Å². The van der Waals surface area contributed by atoms with Gasteiger partial charge in [0.1, 0.15) is 0 Å². The molecule has 0 bridgehead atoms. The van der Waals surface area contributed by atoms with Crippen molar-refractivity contribution in [3.63, 3.8) is 0 Å². The lowest BCUT2D eigenvalue weighted by Gasteiger charge is -1.69. The molecule has 1 rings (SSSR count). The Morgan fingerprint density at radius 1 is 0.889 bits per heavy atom. The number of hydrogen-bond donors (Lipinski definition) is 1. The normalized spacial score (nSPS) is 6.78. The molecule has 1 aromatic carbocycles. The molecule has 0 amide bonds. The molecule has 0 heterocycles. The van der Waals surface area contributed by atoms with Crippen LogP contribution in [0.1, 0.15) is 0 Å². The summed E-state index contributed by atoms with van der Waals surface area (Å²) in [6.45, 7) is 0. The van der Waals surface area contributed by atoms with E-state index in [1.54, 1.807) is 0 Å². The van der Waals surface area contributed by atoms with Crippen LogP contribution in [0.15, 0.2) is 36.4 Å². The first-order valence-corrected chi connectivity index (χ1v) is 3.01. The molecule has 0 fully saturated rings. The zero-order valence-corrected chi connectivity index (χ0v) is 5.79. The summed E-state index contributed by atoms with van der Waals surface area (Å²) in [5, 5.41) is 0. The topological polar surface area (TPSA) is 17.1 Å². The van der Waals surface area contributed by atoms with Crippen molar-refractivity contribution in [2.24, 2.45) is 0 Å². The first kappa shape index (κ1) is 8.24. The summed E-state index contributed by atoms with van der Waals surface area (Å²) >= 11 is 3.11. The lowest BCUT2D eigenvalue weighted by atomic mass is 10.4. The molecule has 2 heteroatoms.